The molecule has 0 N–H and O–H groups in total. The van der Waals surface area contributed by atoms with Crippen LogP contribution in [0.5, 0.6) is 11.5 Å². The van der Waals surface area contributed by atoms with Gasteiger partial charge in [-0.2, -0.15) is 0 Å². The smallest absolute Gasteiger partial charge is 0.272 e. The molecule has 272 valence electrons. The Morgan fingerprint density at radius 2 is 1.50 bits per heavy atom. The second-order valence-corrected chi connectivity index (χ2v) is 15.7. The topological polar surface area (TPSA) is 87.1 Å². The van der Waals surface area contributed by atoms with Crippen LogP contribution in [0.2, 0.25) is 0 Å². The number of oxime groups is 1. The largest absolute Gasteiger partial charge is 0.493 e. The van der Waals surface area contributed by atoms with Crippen LogP contribution in [0.3, 0.4) is 0 Å². The summed E-state index contributed by atoms with van der Waals surface area (Å²) in [4.78, 5) is 44.3. The number of nitrogens with zero attached hydrogens (tertiary/aromatic N) is 5. The molecular formula is C42H49N5O5. The van der Waals surface area contributed by atoms with Crippen LogP contribution in [0.25, 0.3) is 0 Å². The highest BCUT2D eigenvalue weighted by atomic mass is 16.7. The van der Waals surface area contributed by atoms with E-state index in [-0.39, 0.29) is 36.6 Å². The van der Waals surface area contributed by atoms with Gasteiger partial charge in [-0.25, -0.2) is 0 Å². The third-order valence-electron chi connectivity index (χ3n) is 12.6. The van der Waals surface area contributed by atoms with Crippen LogP contribution in [-0.2, 0) is 27.5 Å². The fourth-order valence-corrected chi connectivity index (χ4v) is 9.98. The van der Waals surface area contributed by atoms with Gasteiger partial charge in [0.25, 0.3) is 5.91 Å². The van der Waals surface area contributed by atoms with Gasteiger partial charge in [-0.3, -0.25) is 19.5 Å². The number of amides is 1. The van der Waals surface area contributed by atoms with E-state index in [0.29, 0.717) is 36.3 Å². The lowest BCUT2D eigenvalue weighted by Crippen LogP contribution is -2.66. The van der Waals surface area contributed by atoms with E-state index in [4.69, 9.17) is 14.3 Å². The van der Waals surface area contributed by atoms with Crippen molar-refractivity contribution in [1.82, 2.24) is 19.6 Å². The maximum atomic E-state index is 15.1. The number of piperazine rings is 2. The molecule has 0 spiro atoms. The zero-order valence-electron chi connectivity index (χ0n) is 30.0. The van der Waals surface area contributed by atoms with Crippen LogP contribution in [0.15, 0.2) is 84.0 Å². The summed E-state index contributed by atoms with van der Waals surface area (Å²) >= 11 is 0. The van der Waals surface area contributed by atoms with Crippen LogP contribution in [0.4, 0.5) is 0 Å². The molecule has 1 aliphatic carbocycles. The van der Waals surface area contributed by atoms with Gasteiger partial charge >= 0.3 is 0 Å². The van der Waals surface area contributed by atoms with E-state index in [1.807, 2.05) is 35.2 Å². The van der Waals surface area contributed by atoms with E-state index in [1.165, 1.54) is 11.1 Å². The third kappa shape index (κ3) is 6.08. The van der Waals surface area contributed by atoms with Gasteiger partial charge in [0.2, 0.25) is 5.60 Å². The maximum absolute atomic E-state index is 15.1. The molecular weight excluding hydrogens is 654 g/mol. The van der Waals surface area contributed by atoms with Crippen molar-refractivity contribution in [2.24, 2.45) is 5.16 Å². The lowest BCUT2D eigenvalue weighted by atomic mass is 9.84. The number of hydrogen-bond acceptors (Lipinski definition) is 9. The van der Waals surface area contributed by atoms with E-state index in [1.54, 1.807) is 7.11 Å². The number of carbonyl (C=O) groups is 2. The average Bonchev–Trinajstić information content (AvgIpc) is 4.04. The Hall–Kier alpha value is -4.25. The van der Waals surface area contributed by atoms with Crippen molar-refractivity contribution in [1.29, 1.82) is 0 Å². The van der Waals surface area contributed by atoms with Crippen LogP contribution < -0.4 is 9.47 Å². The quantitative estimate of drug-likeness (QED) is 0.247. The van der Waals surface area contributed by atoms with Gasteiger partial charge in [0.15, 0.2) is 11.5 Å². The first-order valence-corrected chi connectivity index (χ1v) is 19.2. The number of methoxy groups -OCH3 is 1. The second-order valence-electron chi connectivity index (χ2n) is 15.7. The Morgan fingerprint density at radius 3 is 2.10 bits per heavy atom. The maximum Gasteiger partial charge on any atom is 0.272 e. The van der Waals surface area contributed by atoms with Gasteiger partial charge in [0.05, 0.1) is 18.9 Å². The second kappa shape index (κ2) is 14.0. The van der Waals surface area contributed by atoms with Gasteiger partial charge in [-0.1, -0.05) is 65.8 Å². The number of fused-ring (bicyclic) bond motifs is 4. The summed E-state index contributed by atoms with van der Waals surface area (Å²) in [7, 11) is 1.65. The summed E-state index contributed by atoms with van der Waals surface area (Å²) in [6.45, 7) is 4.76. The number of hydrogen-bond donors (Lipinski definition) is 0. The van der Waals surface area contributed by atoms with Crippen molar-refractivity contribution >= 4 is 17.9 Å². The van der Waals surface area contributed by atoms with E-state index in [9.17, 15) is 4.79 Å². The molecule has 52 heavy (non-hydrogen) atoms. The van der Waals surface area contributed by atoms with Gasteiger partial charge < -0.3 is 24.0 Å². The van der Waals surface area contributed by atoms with Crippen molar-refractivity contribution in [2.45, 2.75) is 99.9 Å². The highest BCUT2D eigenvalue weighted by Crippen LogP contribution is 2.43. The van der Waals surface area contributed by atoms with Crippen molar-refractivity contribution in [2.75, 3.05) is 33.3 Å². The molecule has 4 saturated heterocycles. The fraction of sp³-hybridized carbons (Fsp3) is 0.500. The molecule has 5 aliphatic heterocycles. The van der Waals surface area contributed by atoms with Gasteiger partial charge in [0, 0.05) is 75.4 Å². The average molecular weight is 704 g/mol. The van der Waals surface area contributed by atoms with Crippen molar-refractivity contribution < 1.29 is 23.9 Å². The molecule has 4 bridgehead atoms. The highest BCUT2D eigenvalue weighted by molar-refractivity contribution is 6.07. The third-order valence-corrected chi connectivity index (χ3v) is 12.6. The van der Waals surface area contributed by atoms with Gasteiger partial charge in [-0.05, 0) is 67.9 Å². The summed E-state index contributed by atoms with van der Waals surface area (Å²) in [5, 5.41) is 4.65. The summed E-state index contributed by atoms with van der Waals surface area (Å²) in [6.07, 6.45) is 7.62. The lowest BCUT2D eigenvalue weighted by Gasteiger charge is -2.44. The molecule has 1 amide bonds. The first-order chi connectivity index (χ1) is 25.5. The minimum absolute atomic E-state index is 0.0711. The number of likely N-dealkylation sites (tertiary alicyclic amines) is 4. The molecule has 9 rings (SSSR count). The number of benzene rings is 3. The first kappa shape index (κ1) is 33.6. The summed E-state index contributed by atoms with van der Waals surface area (Å²) < 4.78 is 12.1. The van der Waals surface area contributed by atoms with Crippen LogP contribution in [0.1, 0.15) is 61.6 Å². The molecule has 0 aromatic heterocycles. The van der Waals surface area contributed by atoms with Crippen molar-refractivity contribution in [3.05, 3.63) is 95.6 Å². The fourth-order valence-electron chi connectivity index (χ4n) is 9.98. The van der Waals surface area contributed by atoms with Gasteiger partial charge in [-0.15, -0.1) is 0 Å². The molecule has 5 fully saturated rings. The van der Waals surface area contributed by atoms with Crippen molar-refractivity contribution in [3.8, 4) is 11.5 Å². The van der Waals surface area contributed by atoms with E-state index in [0.717, 1.165) is 76.6 Å². The van der Waals surface area contributed by atoms with Gasteiger partial charge in [0.1, 0.15) is 12.3 Å². The monoisotopic (exact) mass is 703 g/mol. The molecule has 1 saturated carbocycles. The molecule has 6 atom stereocenters. The van der Waals surface area contributed by atoms with E-state index in [2.05, 4.69) is 68.4 Å². The van der Waals surface area contributed by atoms with E-state index < -0.39 is 11.6 Å². The normalized spacial score (nSPS) is 29.4. The predicted molar refractivity (Wildman–Crippen MR) is 197 cm³/mol. The standard InChI is InChI=1S/C42H49N5O5/c1-50-38-17-16-31(18-39(38)51-36-14-8-9-15-36)37-21-42(52-43-37,41(49)47-27-33-20-35(47)25-45(33)23-30-12-6-3-7-13-30)40(28-48)46-26-32-19-34(46)24-44(32)22-29-10-4-2-5-11-29/h2-7,10-13,16-18,28,32-36,40H,8-9,14-15,19-27H2,1H3. The van der Waals surface area contributed by atoms with Crippen LogP contribution in [0, 0.1) is 0 Å². The summed E-state index contributed by atoms with van der Waals surface area (Å²) in [5.41, 5.74) is 2.60. The summed E-state index contributed by atoms with van der Waals surface area (Å²) in [6, 6.07) is 27.0. The Bertz CT molecular complexity index is 1800. The highest BCUT2D eigenvalue weighted by Gasteiger charge is 2.62. The Labute approximate surface area is 306 Å². The zero-order chi connectivity index (χ0) is 35.2. The minimum Gasteiger partial charge on any atom is -0.493 e. The molecule has 5 heterocycles. The number of carbonyl (C=O) groups excluding carboxylic acids is 2. The predicted octanol–water partition coefficient (Wildman–Crippen LogP) is 4.89. The van der Waals surface area contributed by atoms with E-state index >= 15 is 4.79 Å². The number of rotatable bonds is 12. The Morgan fingerprint density at radius 1 is 0.846 bits per heavy atom. The number of aldehydes is 1. The van der Waals surface area contributed by atoms with Crippen molar-refractivity contribution in [3.63, 3.8) is 0 Å². The first-order valence-electron chi connectivity index (χ1n) is 19.2. The molecule has 6 unspecified atom stereocenters. The minimum atomic E-state index is -1.45. The van der Waals surface area contributed by atoms with Crippen LogP contribution in [-0.4, -0.2) is 113 Å². The molecule has 10 nitrogen and oxygen atoms in total. The zero-order valence-corrected chi connectivity index (χ0v) is 30.0. The van der Waals surface area contributed by atoms with Crippen LogP contribution >= 0.6 is 0 Å². The molecule has 6 aliphatic rings. The lowest BCUT2D eigenvalue weighted by molar-refractivity contribution is -0.170. The SMILES string of the molecule is COc1ccc(C2=NOC(C(=O)N3CC4CC3CN4Cc3ccccc3)(C(C=O)N3CC4CC3CN4Cc3ccccc3)C2)cc1OC1CCCC1. The molecule has 10 heteroatoms. The molecule has 0 radical (unpaired) electrons. The molecule has 3 aromatic rings. The molecule has 3 aromatic carbocycles. The Kier molecular flexibility index (Phi) is 9.01. The Balaban J connectivity index is 0.979. The number of ether oxygens (including phenoxy) is 2. The summed E-state index contributed by atoms with van der Waals surface area (Å²) in [5.74, 6) is 1.23.